The summed E-state index contributed by atoms with van der Waals surface area (Å²) in [4.78, 5) is 29.1. The number of ether oxygens (including phenoxy) is 1. The molecule has 0 spiro atoms. The molecule has 27 heavy (non-hydrogen) atoms. The molecule has 2 heterocycles. The number of benzene rings is 2. The largest absolute Gasteiger partial charge is 0.462 e. The molecule has 6 heteroatoms. The van der Waals surface area contributed by atoms with Crippen molar-refractivity contribution < 1.29 is 14.3 Å². The van der Waals surface area contributed by atoms with Crippen molar-refractivity contribution >= 4 is 29.1 Å². The molecule has 4 rings (SSSR count). The molecular formula is C21H23N3O3. The zero-order valence-electron chi connectivity index (χ0n) is 15.4. The monoisotopic (exact) mass is 365 g/mol. The number of esters is 1. The van der Waals surface area contributed by atoms with E-state index < -0.39 is 5.97 Å². The summed E-state index contributed by atoms with van der Waals surface area (Å²) in [6.45, 7) is 3.79. The number of rotatable bonds is 3. The van der Waals surface area contributed by atoms with Crippen LogP contribution >= 0.6 is 0 Å². The molecule has 1 saturated heterocycles. The second-order valence-corrected chi connectivity index (χ2v) is 6.82. The first-order valence-corrected chi connectivity index (χ1v) is 9.38. The molecule has 0 aliphatic carbocycles. The maximum Gasteiger partial charge on any atom is 0.338 e. The second kappa shape index (κ2) is 7.31. The molecule has 1 N–H and O–H groups in total. The van der Waals surface area contributed by atoms with Crippen LogP contribution in [0.15, 0.2) is 48.5 Å². The van der Waals surface area contributed by atoms with Crippen molar-refractivity contribution in [3.63, 3.8) is 0 Å². The van der Waals surface area contributed by atoms with Crippen molar-refractivity contribution in [3.05, 3.63) is 54.1 Å². The Hall–Kier alpha value is -3.02. The highest BCUT2D eigenvalue weighted by molar-refractivity contribution is 6.05. The van der Waals surface area contributed by atoms with Crippen LogP contribution in [0.5, 0.6) is 0 Å². The van der Waals surface area contributed by atoms with Gasteiger partial charge < -0.3 is 15.0 Å². The van der Waals surface area contributed by atoms with Crippen LogP contribution in [-0.2, 0) is 4.74 Å². The van der Waals surface area contributed by atoms with Crippen LogP contribution in [0.4, 0.5) is 21.9 Å². The van der Waals surface area contributed by atoms with E-state index in [2.05, 4.69) is 16.3 Å². The minimum atomic E-state index is -0.390. The Kier molecular flexibility index (Phi) is 4.71. The summed E-state index contributed by atoms with van der Waals surface area (Å²) < 4.78 is 5.03. The number of nitrogens with zero attached hydrogens (tertiary/aromatic N) is 2. The van der Waals surface area contributed by atoms with Gasteiger partial charge in [-0.05, 0) is 50.1 Å². The number of hydrogen-bond donors (Lipinski definition) is 1. The number of nitrogens with one attached hydrogen (secondary N) is 1. The topological polar surface area (TPSA) is 61.9 Å². The third-order valence-electron chi connectivity index (χ3n) is 5.12. The van der Waals surface area contributed by atoms with Gasteiger partial charge in [-0.25, -0.2) is 9.59 Å². The molecule has 0 bridgehead atoms. The number of fused-ring (bicyclic) bond motifs is 3. The van der Waals surface area contributed by atoms with E-state index in [-0.39, 0.29) is 6.03 Å². The number of hydrogen-bond acceptors (Lipinski definition) is 4. The number of carbonyl (C=O) groups excluding carboxylic acids is 2. The highest BCUT2D eigenvalue weighted by Gasteiger charge is 2.36. The minimum Gasteiger partial charge on any atom is -0.462 e. The van der Waals surface area contributed by atoms with Crippen LogP contribution in [0.3, 0.4) is 0 Å². The van der Waals surface area contributed by atoms with Gasteiger partial charge in [0.2, 0.25) is 0 Å². The molecule has 6 nitrogen and oxygen atoms in total. The molecule has 1 atom stereocenters. The van der Waals surface area contributed by atoms with Gasteiger partial charge >= 0.3 is 12.0 Å². The summed E-state index contributed by atoms with van der Waals surface area (Å²) in [6.07, 6.45) is 2.24. The van der Waals surface area contributed by atoms with Crippen molar-refractivity contribution in [2.45, 2.75) is 25.8 Å². The lowest BCUT2D eigenvalue weighted by Crippen LogP contribution is -2.49. The van der Waals surface area contributed by atoms with Crippen LogP contribution in [0.25, 0.3) is 0 Å². The van der Waals surface area contributed by atoms with Crippen LogP contribution in [0, 0.1) is 0 Å². The van der Waals surface area contributed by atoms with E-state index >= 15 is 0 Å². The Balaban J connectivity index is 1.56. The van der Waals surface area contributed by atoms with E-state index in [0.29, 0.717) is 30.4 Å². The van der Waals surface area contributed by atoms with Crippen LogP contribution in [-0.4, -0.2) is 37.7 Å². The molecular weight excluding hydrogens is 342 g/mol. The predicted octanol–water partition coefficient (Wildman–Crippen LogP) is 3.88. The van der Waals surface area contributed by atoms with Gasteiger partial charge in [-0.2, -0.15) is 0 Å². The fraction of sp³-hybridized carbons (Fsp3) is 0.333. The Morgan fingerprint density at radius 2 is 1.96 bits per heavy atom. The lowest BCUT2D eigenvalue weighted by atomic mass is 10.1. The number of urea groups is 1. The summed E-state index contributed by atoms with van der Waals surface area (Å²) >= 11 is 0. The van der Waals surface area contributed by atoms with Gasteiger partial charge in [0.05, 0.1) is 23.5 Å². The average Bonchev–Trinajstić information content (AvgIpc) is 3.16. The fourth-order valence-corrected chi connectivity index (χ4v) is 3.91. The summed E-state index contributed by atoms with van der Waals surface area (Å²) in [5.74, 6) is -0.390. The maximum atomic E-state index is 13.0. The SMILES string of the molecule is CCOC(=O)c1cccc(NC(=O)N2CC3CCCN3c3ccccc32)c1. The standard InChI is InChI=1S/C21H23N3O3/c1-2-27-20(25)15-7-5-8-16(13-15)22-21(26)24-14-17-9-6-12-23(17)18-10-3-4-11-19(18)24/h3-5,7-8,10-11,13,17H,2,6,9,12,14H2,1H3,(H,22,26). The van der Waals surface area contributed by atoms with Gasteiger partial charge in [-0.1, -0.05) is 18.2 Å². The number of para-hydroxylation sites is 2. The summed E-state index contributed by atoms with van der Waals surface area (Å²) in [7, 11) is 0. The Morgan fingerprint density at radius 3 is 2.78 bits per heavy atom. The molecule has 1 fully saturated rings. The smallest absolute Gasteiger partial charge is 0.338 e. The molecule has 2 aromatic carbocycles. The van der Waals surface area contributed by atoms with Crippen molar-refractivity contribution in [1.29, 1.82) is 0 Å². The number of anilines is 3. The van der Waals surface area contributed by atoms with Gasteiger partial charge in [0.25, 0.3) is 0 Å². The quantitative estimate of drug-likeness (QED) is 0.839. The van der Waals surface area contributed by atoms with E-state index in [9.17, 15) is 9.59 Å². The molecule has 0 aromatic heterocycles. The Bertz CT molecular complexity index is 867. The first-order chi connectivity index (χ1) is 13.2. The third-order valence-corrected chi connectivity index (χ3v) is 5.12. The molecule has 140 valence electrons. The number of carbonyl (C=O) groups is 2. The fourth-order valence-electron chi connectivity index (χ4n) is 3.91. The van der Waals surface area contributed by atoms with E-state index in [1.54, 1.807) is 36.1 Å². The Labute approximate surface area is 158 Å². The van der Waals surface area contributed by atoms with Gasteiger partial charge in [-0.3, -0.25) is 4.90 Å². The van der Waals surface area contributed by atoms with Crippen LogP contribution in [0.1, 0.15) is 30.1 Å². The molecule has 0 saturated carbocycles. The van der Waals surface area contributed by atoms with Crippen molar-refractivity contribution in [1.82, 2.24) is 0 Å². The average molecular weight is 365 g/mol. The van der Waals surface area contributed by atoms with E-state index in [1.165, 1.54) is 0 Å². The minimum absolute atomic E-state index is 0.185. The lowest BCUT2D eigenvalue weighted by molar-refractivity contribution is 0.0526. The zero-order chi connectivity index (χ0) is 18.8. The zero-order valence-corrected chi connectivity index (χ0v) is 15.4. The molecule has 2 aliphatic rings. The highest BCUT2D eigenvalue weighted by Crippen LogP contribution is 2.39. The van der Waals surface area contributed by atoms with Gasteiger partial charge in [0, 0.05) is 24.8 Å². The van der Waals surface area contributed by atoms with Crippen molar-refractivity contribution in [2.75, 3.05) is 34.8 Å². The summed E-state index contributed by atoms with van der Waals surface area (Å²) in [6, 6.07) is 15.0. The Morgan fingerprint density at radius 1 is 1.15 bits per heavy atom. The summed E-state index contributed by atoms with van der Waals surface area (Å²) in [5.41, 5.74) is 3.05. The van der Waals surface area contributed by atoms with E-state index in [0.717, 1.165) is 30.8 Å². The predicted molar refractivity (Wildman–Crippen MR) is 106 cm³/mol. The second-order valence-electron chi connectivity index (χ2n) is 6.82. The normalized spacial score (nSPS) is 17.9. The summed E-state index contributed by atoms with van der Waals surface area (Å²) in [5, 5.41) is 2.93. The van der Waals surface area contributed by atoms with Crippen molar-refractivity contribution in [3.8, 4) is 0 Å². The first kappa shape index (κ1) is 17.4. The molecule has 2 aliphatic heterocycles. The number of amides is 2. The van der Waals surface area contributed by atoms with E-state index in [4.69, 9.17) is 4.74 Å². The maximum absolute atomic E-state index is 13.0. The molecule has 2 amide bonds. The van der Waals surface area contributed by atoms with E-state index in [1.807, 2.05) is 18.2 Å². The van der Waals surface area contributed by atoms with Crippen LogP contribution < -0.4 is 15.1 Å². The lowest BCUT2D eigenvalue weighted by Gasteiger charge is -2.40. The highest BCUT2D eigenvalue weighted by atomic mass is 16.5. The molecule has 1 unspecified atom stereocenters. The van der Waals surface area contributed by atoms with Crippen molar-refractivity contribution in [2.24, 2.45) is 0 Å². The first-order valence-electron chi connectivity index (χ1n) is 9.38. The third kappa shape index (κ3) is 3.35. The van der Waals surface area contributed by atoms with Gasteiger partial charge in [0.1, 0.15) is 0 Å². The molecule has 0 radical (unpaired) electrons. The molecule has 2 aromatic rings. The van der Waals surface area contributed by atoms with Gasteiger partial charge in [-0.15, -0.1) is 0 Å². The van der Waals surface area contributed by atoms with Gasteiger partial charge in [0.15, 0.2) is 0 Å². The van der Waals surface area contributed by atoms with Crippen LogP contribution in [0.2, 0.25) is 0 Å².